The number of carbonyl (C=O) groups is 1. The largest absolute Gasteiger partial charge is 0.478 e. The molecule has 116 valence electrons. The normalized spacial score (nSPS) is 10.9. The number of pyridine rings is 1. The summed E-state index contributed by atoms with van der Waals surface area (Å²) in [6.07, 6.45) is 0. The summed E-state index contributed by atoms with van der Waals surface area (Å²) in [5.74, 6) is -1.05. The van der Waals surface area contributed by atoms with Crippen LogP contribution in [0.2, 0.25) is 5.02 Å². The molecule has 0 aliphatic rings. The van der Waals surface area contributed by atoms with E-state index in [0.29, 0.717) is 17.4 Å². The number of aryl methyl sites for hydroxylation is 1. The quantitative estimate of drug-likeness (QED) is 0.797. The Labute approximate surface area is 137 Å². The number of hydrogen-bond acceptors (Lipinski definition) is 2. The molecule has 3 rings (SSSR count). The van der Waals surface area contributed by atoms with Gasteiger partial charge in [-0.3, -0.25) is 4.79 Å². The maximum absolute atomic E-state index is 12.3. The van der Waals surface area contributed by atoms with Gasteiger partial charge in [0.25, 0.3) is 5.56 Å². The van der Waals surface area contributed by atoms with E-state index in [1.807, 2.05) is 31.2 Å². The van der Waals surface area contributed by atoms with Crippen LogP contribution >= 0.6 is 11.6 Å². The lowest BCUT2D eigenvalue weighted by molar-refractivity contribution is 0.0697. The number of nitrogens with zero attached hydrogens (tertiary/aromatic N) is 1. The van der Waals surface area contributed by atoms with Gasteiger partial charge in [-0.2, -0.15) is 0 Å². The lowest BCUT2D eigenvalue weighted by Crippen LogP contribution is -2.20. The second kappa shape index (κ2) is 5.89. The molecule has 0 saturated heterocycles. The fourth-order valence-electron chi connectivity index (χ4n) is 2.63. The zero-order chi connectivity index (χ0) is 16.6. The molecule has 0 saturated carbocycles. The molecule has 0 radical (unpaired) electrons. The molecule has 2 aromatic carbocycles. The topological polar surface area (TPSA) is 59.3 Å². The minimum absolute atomic E-state index is 0.101. The average molecular weight is 328 g/mol. The highest BCUT2D eigenvalue weighted by atomic mass is 35.5. The van der Waals surface area contributed by atoms with Crippen LogP contribution in [-0.2, 0) is 6.54 Å². The van der Waals surface area contributed by atoms with E-state index in [2.05, 4.69) is 0 Å². The van der Waals surface area contributed by atoms with Crippen LogP contribution in [0.1, 0.15) is 21.5 Å². The lowest BCUT2D eigenvalue weighted by atomic mass is 10.1. The maximum Gasteiger partial charge on any atom is 0.335 e. The Kier molecular flexibility index (Phi) is 3.92. The number of carboxylic acids is 1. The van der Waals surface area contributed by atoms with Crippen molar-refractivity contribution in [2.75, 3.05) is 0 Å². The smallest absolute Gasteiger partial charge is 0.335 e. The number of aromatic nitrogens is 1. The van der Waals surface area contributed by atoms with Crippen LogP contribution in [0.5, 0.6) is 0 Å². The molecule has 0 spiro atoms. The number of rotatable bonds is 3. The zero-order valence-electron chi connectivity index (χ0n) is 12.4. The molecule has 3 aromatic rings. The molecule has 1 N–H and O–H groups in total. The number of fused-ring (bicyclic) bond motifs is 1. The van der Waals surface area contributed by atoms with Crippen molar-refractivity contribution in [2.24, 2.45) is 0 Å². The third-order valence-electron chi connectivity index (χ3n) is 3.87. The minimum atomic E-state index is -1.05. The predicted octanol–water partition coefficient (Wildman–Crippen LogP) is 3.71. The van der Waals surface area contributed by atoms with Crippen LogP contribution in [0.3, 0.4) is 0 Å². The van der Waals surface area contributed by atoms with Crippen LogP contribution < -0.4 is 5.56 Å². The zero-order valence-corrected chi connectivity index (χ0v) is 13.2. The van der Waals surface area contributed by atoms with E-state index < -0.39 is 5.97 Å². The van der Waals surface area contributed by atoms with Gasteiger partial charge in [0.05, 0.1) is 22.6 Å². The molecular weight excluding hydrogens is 314 g/mol. The highest BCUT2D eigenvalue weighted by Crippen LogP contribution is 2.25. The molecule has 0 fully saturated rings. The van der Waals surface area contributed by atoms with Gasteiger partial charge in [0.2, 0.25) is 0 Å². The van der Waals surface area contributed by atoms with Crippen molar-refractivity contribution in [1.82, 2.24) is 4.57 Å². The molecule has 1 heterocycles. The molecule has 0 bridgehead atoms. The average Bonchev–Trinajstić information content (AvgIpc) is 2.51. The Morgan fingerprint density at radius 3 is 2.61 bits per heavy atom. The standard InChI is InChI=1S/C18H14ClNO3/c1-11-4-2-3-5-13(11)10-20-16(21)7-6-12-8-14(18(22)23)9-15(19)17(12)20/h2-9H,10H2,1H3,(H,22,23). The summed E-state index contributed by atoms with van der Waals surface area (Å²) in [4.78, 5) is 23.5. The first-order valence-corrected chi connectivity index (χ1v) is 7.46. The fourth-order valence-corrected chi connectivity index (χ4v) is 2.96. The molecule has 0 aliphatic carbocycles. The van der Waals surface area contributed by atoms with Gasteiger partial charge < -0.3 is 9.67 Å². The molecule has 5 heteroatoms. The summed E-state index contributed by atoms with van der Waals surface area (Å²) in [6, 6.07) is 13.7. The number of benzene rings is 2. The summed E-state index contributed by atoms with van der Waals surface area (Å²) < 4.78 is 1.58. The number of aromatic carboxylic acids is 1. The molecule has 0 atom stereocenters. The SMILES string of the molecule is Cc1ccccc1Cn1c(=O)ccc2cc(C(=O)O)cc(Cl)c21. The van der Waals surface area contributed by atoms with Gasteiger partial charge in [-0.1, -0.05) is 35.9 Å². The third-order valence-corrected chi connectivity index (χ3v) is 4.16. The Hall–Kier alpha value is -2.59. The summed E-state index contributed by atoms with van der Waals surface area (Å²) in [6.45, 7) is 2.37. The lowest BCUT2D eigenvalue weighted by Gasteiger charge is -2.13. The predicted molar refractivity (Wildman–Crippen MR) is 90.5 cm³/mol. The minimum Gasteiger partial charge on any atom is -0.478 e. The second-order valence-corrected chi connectivity index (χ2v) is 5.79. The molecule has 4 nitrogen and oxygen atoms in total. The highest BCUT2D eigenvalue weighted by Gasteiger charge is 2.13. The summed E-state index contributed by atoms with van der Waals surface area (Å²) in [5, 5.41) is 10.0. The van der Waals surface area contributed by atoms with Gasteiger partial charge in [0.1, 0.15) is 0 Å². The van der Waals surface area contributed by atoms with E-state index >= 15 is 0 Å². The van der Waals surface area contributed by atoms with Crippen LogP contribution in [0.25, 0.3) is 10.9 Å². The second-order valence-electron chi connectivity index (χ2n) is 5.39. The van der Waals surface area contributed by atoms with Crippen molar-refractivity contribution in [2.45, 2.75) is 13.5 Å². The van der Waals surface area contributed by atoms with Crippen LogP contribution in [0, 0.1) is 6.92 Å². The van der Waals surface area contributed by atoms with Crippen molar-refractivity contribution in [3.8, 4) is 0 Å². The van der Waals surface area contributed by atoms with Crippen molar-refractivity contribution in [1.29, 1.82) is 0 Å². The van der Waals surface area contributed by atoms with Crippen molar-refractivity contribution >= 4 is 28.5 Å². The Morgan fingerprint density at radius 2 is 1.91 bits per heavy atom. The molecule has 0 amide bonds. The van der Waals surface area contributed by atoms with Crippen LogP contribution in [0.4, 0.5) is 0 Å². The van der Waals surface area contributed by atoms with Gasteiger partial charge in [-0.25, -0.2) is 4.79 Å². The van der Waals surface area contributed by atoms with E-state index in [-0.39, 0.29) is 16.1 Å². The third kappa shape index (κ3) is 2.85. The van der Waals surface area contributed by atoms with E-state index in [1.54, 1.807) is 10.6 Å². The Bertz CT molecular complexity index is 976. The van der Waals surface area contributed by atoms with E-state index in [0.717, 1.165) is 11.1 Å². The van der Waals surface area contributed by atoms with Crippen LogP contribution in [-0.4, -0.2) is 15.6 Å². The van der Waals surface area contributed by atoms with E-state index in [4.69, 9.17) is 16.7 Å². The fraction of sp³-hybridized carbons (Fsp3) is 0.111. The molecular formula is C18H14ClNO3. The van der Waals surface area contributed by atoms with Crippen LogP contribution in [0.15, 0.2) is 53.3 Å². The molecule has 0 unspecified atom stereocenters. The molecule has 1 aromatic heterocycles. The molecule has 0 aliphatic heterocycles. The maximum atomic E-state index is 12.3. The number of carboxylic acid groups (broad SMARTS) is 1. The summed E-state index contributed by atoms with van der Waals surface area (Å²) in [5.41, 5.74) is 2.57. The van der Waals surface area contributed by atoms with Gasteiger partial charge in [-0.15, -0.1) is 0 Å². The van der Waals surface area contributed by atoms with Crippen molar-refractivity contribution in [3.05, 3.63) is 80.6 Å². The van der Waals surface area contributed by atoms with E-state index in [9.17, 15) is 9.59 Å². The first-order chi connectivity index (χ1) is 11.0. The van der Waals surface area contributed by atoms with Gasteiger partial charge in [0.15, 0.2) is 0 Å². The summed E-state index contributed by atoms with van der Waals surface area (Å²) in [7, 11) is 0. The van der Waals surface area contributed by atoms with E-state index in [1.165, 1.54) is 18.2 Å². The van der Waals surface area contributed by atoms with Crippen molar-refractivity contribution in [3.63, 3.8) is 0 Å². The Balaban J connectivity index is 2.24. The number of halogens is 1. The number of hydrogen-bond donors (Lipinski definition) is 1. The van der Waals surface area contributed by atoms with Gasteiger partial charge in [-0.05, 0) is 36.2 Å². The highest BCUT2D eigenvalue weighted by molar-refractivity contribution is 6.35. The summed E-state index contributed by atoms with van der Waals surface area (Å²) >= 11 is 6.27. The van der Waals surface area contributed by atoms with Gasteiger partial charge in [0, 0.05) is 11.5 Å². The first-order valence-electron chi connectivity index (χ1n) is 7.08. The molecule has 23 heavy (non-hydrogen) atoms. The van der Waals surface area contributed by atoms with Crippen molar-refractivity contribution < 1.29 is 9.90 Å². The Morgan fingerprint density at radius 1 is 1.17 bits per heavy atom. The monoisotopic (exact) mass is 327 g/mol. The first kappa shape index (κ1) is 15.3. The van der Waals surface area contributed by atoms with Gasteiger partial charge >= 0.3 is 5.97 Å².